The molecule has 9 heteroatoms. The maximum atomic E-state index is 12.9. The van der Waals surface area contributed by atoms with E-state index < -0.39 is 10.0 Å². The summed E-state index contributed by atoms with van der Waals surface area (Å²) < 4.78 is 32.7. The summed E-state index contributed by atoms with van der Waals surface area (Å²) in [6.07, 6.45) is 2.18. The Morgan fingerprint density at radius 1 is 1.21 bits per heavy atom. The van der Waals surface area contributed by atoms with Crippen LogP contribution in [0.1, 0.15) is 33.6 Å². The molecule has 0 radical (unpaired) electrons. The molecule has 1 aliphatic heterocycles. The van der Waals surface area contributed by atoms with Gasteiger partial charge in [0.05, 0.1) is 35.2 Å². The van der Waals surface area contributed by atoms with Crippen molar-refractivity contribution in [1.29, 1.82) is 0 Å². The van der Waals surface area contributed by atoms with E-state index >= 15 is 0 Å². The Bertz CT molecular complexity index is 761. The van der Waals surface area contributed by atoms with Gasteiger partial charge in [0.25, 0.3) is 0 Å². The highest BCUT2D eigenvalue weighted by molar-refractivity contribution is 7.99. The lowest BCUT2D eigenvalue weighted by atomic mass is 10.2. The predicted octanol–water partition coefficient (Wildman–Crippen LogP) is 3.03. The van der Waals surface area contributed by atoms with Crippen LogP contribution in [0.3, 0.4) is 0 Å². The Hall–Kier alpha value is -1.29. The van der Waals surface area contributed by atoms with Crippen LogP contribution in [0.15, 0.2) is 23.1 Å². The van der Waals surface area contributed by atoms with Gasteiger partial charge in [-0.2, -0.15) is 16.1 Å². The quantitative estimate of drug-likeness (QED) is 0.530. The number of benzene rings is 1. The molecular formula is C20H33N3O4S2. The fourth-order valence-electron chi connectivity index (χ4n) is 3.17. The molecule has 7 nitrogen and oxygen atoms in total. The largest absolute Gasteiger partial charge is 0.378 e. The number of hydrogen-bond acceptors (Lipinski definition) is 6. The van der Waals surface area contributed by atoms with Gasteiger partial charge in [-0.1, -0.05) is 27.2 Å². The van der Waals surface area contributed by atoms with Crippen molar-refractivity contribution in [2.45, 2.75) is 38.5 Å². The second kappa shape index (κ2) is 11.8. The summed E-state index contributed by atoms with van der Waals surface area (Å²) >= 11 is 1.60. The van der Waals surface area contributed by atoms with E-state index in [1.165, 1.54) is 4.31 Å². The Morgan fingerprint density at radius 2 is 1.90 bits per heavy atom. The number of carbonyl (C=O) groups is 1. The predicted molar refractivity (Wildman–Crippen MR) is 120 cm³/mol. The number of anilines is 2. The first kappa shape index (κ1) is 24.0. The van der Waals surface area contributed by atoms with Crippen LogP contribution in [0.4, 0.5) is 11.4 Å². The van der Waals surface area contributed by atoms with Crippen LogP contribution in [0, 0.1) is 0 Å². The average molecular weight is 444 g/mol. The molecule has 2 rings (SSSR count). The topological polar surface area (TPSA) is 79.0 Å². The lowest BCUT2D eigenvalue weighted by Gasteiger charge is -2.31. The Balaban J connectivity index is 2.28. The zero-order chi connectivity index (χ0) is 21.3. The number of nitrogens with one attached hydrogen (secondary N) is 1. The maximum absolute atomic E-state index is 12.9. The number of amides is 1. The van der Waals surface area contributed by atoms with Crippen LogP contribution in [0.2, 0.25) is 0 Å². The highest BCUT2D eigenvalue weighted by Crippen LogP contribution is 2.31. The van der Waals surface area contributed by atoms with Crippen molar-refractivity contribution in [3.8, 4) is 0 Å². The summed E-state index contributed by atoms with van der Waals surface area (Å²) in [6, 6.07) is 5.01. The van der Waals surface area contributed by atoms with Gasteiger partial charge < -0.3 is 15.0 Å². The Labute approximate surface area is 179 Å². The van der Waals surface area contributed by atoms with Crippen molar-refractivity contribution in [2.24, 2.45) is 0 Å². The Kier molecular flexibility index (Phi) is 9.74. The first-order valence-electron chi connectivity index (χ1n) is 10.3. The van der Waals surface area contributed by atoms with Crippen LogP contribution >= 0.6 is 11.8 Å². The van der Waals surface area contributed by atoms with Gasteiger partial charge in [0, 0.05) is 26.2 Å². The normalized spacial score (nSPS) is 15.0. The number of carbonyl (C=O) groups excluding carboxylic acids is 1. The number of morpholine rings is 1. The van der Waals surface area contributed by atoms with E-state index in [9.17, 15) is 13.2 Å². The van der Waals surface area contributed by atoms with Crippen LogP contribution in [0.25, 0.3) is 0 Å². The van der Waals surface area contributed by atoms with Gasteiger partial charge in [0.15, 0.2) is 0 Å². The molecule has 0 saturated carbocycles. The third-order valence-electron chi connectivity index (χ3n) is 4.81. The number of sulfonamides is 1. The summed E-state index contributed by atoms with van der Waals surface area (Å²) in [7, 11) is -3.60. The van der Waals surface area contributed by atoms with E-state index in [4.69, 9.17) is 4.74 Å². The van der Waals surface area contributed by atoms with Gasteiger partial charge in [-0.25, -0.2) is 8.42 Å². The summed E-state index contributed by atoms with van der Waals surface area (Å²) in [6.45, 7) is 9.20. The molecule has 1 fully saturated rings. The van der Waals surface area contributed by atoms with Gasteiger partial charge in [0.1, 0.15) is 0 Å². The molecule has 1 aromatic rings. The summed E-state index contributed by atoms with van der Waals surface area (Å²) in [5.74, 6) is 1.18. The molecule has 1 heterocycles. The second-order valence-electron chi connectivity index (χ2n) is 6.82. The Morgan fingerprint density at radius 3 is 2.52 bits per heavy atom. The monoisotopic (exact) mass is 443 g/mol. The third-order valence-corrected chi connectivity index (χ3v) is 7.90. The van der Waals surface area contributed by atoms with E-state index in [1.54, 1.807) is 30.0 Å². The number of unbranched alkanes of at least 4 members (excludes halogenated alkanes) is 1. The van der Waals surface area contributed by atoms with E-state index in [1.807, 2.05) is 13.8 Å². The lowest BCUT2D eigenvalue weighted by Crippen LogP contribution is -2.37. The van der Waals surface area contributed by atoms with Crippen molar-refractivity contribution in [1.82, 2.24) is 4.31 Å². The van der Waals surface area contributed by atoms with E-state index in [0.717, 1.165) is 24.3 Å². The van der Waals surface area contributed by atoms with Gasteiger partial charge in [-0.15, -0.1) is 0 Å². The molecule has 0 aliphatic carbocycles. The molecule has 29 heavy (non-hydrogen) atoms. The first-order valence-corrected chi connectivity index (χ1v) is 12.9. The second-order valence-corrected chi connectivity index (χ2v) is 9.87. The zero-order valence-electron chi connectivity index (χ0n) is 17.6. The standard InChI is InChI=1S/C20H33N3O4S2/c1-4-7-14-28-16-20(24)21-18-15-17(29(25,26)23(5-2)6-3)8-9-19(18)22-10-12-27-13-11-22/h8-9,15H,4-7,10-14,16H2,1-3H3,(H,21,24). The minimum atomic E-state index is -3.60. The smallest absolute Gasteiger partial charge is 0.243 e. The summed E-state index contributed by atoms with van der Waals surface area (Å²) in [5, 5.41) is 2.95. The third kappa shape index (κ3) is 6.60. The molecule has 1 N–H and O–H groups in total. The fraction of sp³-hybridized carbons (Fsp3) is 0.650. The number of thioether (sulfide) groups is 1. The molecule has 0 bridgehead atoms. The van der Waals surface area contributed by atoms with Crippen molar-refractivity contribution in [3.63, 3.8) is 0 Å². The zero-order valence-corrected chi connectivity index (χ0v) is 19.3. The van der Waals surface area contributed by atoms with Crippen molar-refractivity contribution in [3.05, 3.63) is 18.2 Å². The summed E-state index contributed by atoms with van der Waals surface area (Å²) in [5.41, 5.74) is 1.37. The van der Waals surface area contributed by atoms with E-state index in [0.29, 0.717) is 50.8 Å². The van der Waals surface area contributed by atoms with E-state index in [-0.39, 0.29) is 10.8 Å². The number of nitrogens with zero attached hydrogens (tertiary/aromatic N) is 2. The van der Waals surface area contributed by atoms with Gasteiger partial charge in [-0.05, 0) is 30.4 Å². The molecule has 0 aromatic heterocycles. The van der Waals surface area contributed by atoms with Crippen LogP contribution < -0.4 is 10.2 Å². The molecule has 1 aliphatic rings. The first-order chi connectivity index (χ1) is 13.9. The van der Waals surface area contributed by atoms with Crippen LogP contribution in [-0.2, 0) is 19.6 Å². The highest BCUT2D eigenvalue weighted by atomic mass is 32.2. The van der Waals surface area contributed by atoms with Crippen LogP contribution in [-0.4, -0.2) is 69.5 Å². The number of hydrogen-bond donors (Lipinski definition) is 1. The van der Waals surface area contributed by atoms with Gasteiger partial charge in [-0.3, -0.25) is 4.79 Å². The molecule has 1 saturated heterocycles. The number of ether oxygens (including phenoxy) is 1. The molecule has 0 unspecified atom stereocenters. The SMILES string of the molecule is CCCCSCC(=O)Nc1cc(S(=O)(=O)N(CC)CC)ccc1N1CCOCC1. The molecular weight excluding hydrogens is 410 g/mol. The van der Waals surface area contributed by atoms with Crippen molar-refractivity contribution < 1.29 is 17.9 Å². The molecule has 0 spiro atoms. The fourth-order valence-corrected chi connectivity index (χ4v) is 5.55. The molecule has 164 valence electrons. The van der Waals surface area contributed by atoms with Crippen LogP contribution in [0.5, 0.6) is 0 Å². The minimum absolute atomic E-state index is 0.113. The molecule has 1 aromatic carbocycles. The average Bonchev–Trinajstić information content (AvgIpc) is 2.72. The molecule has 0 atom stereocenters. The van der Waals surface area contributed by atoms with Gasteiger partial charge >= 0.3 is 0 Å². The van der Waals surface area contributed by atoms with Gasteiger partial charge in [0.2, 0.25) is 15.9 Å². The highest BCUT2D eigenvalue weighted by Gasteiger charge is 2.24. The summed E-state index contributed by atoms with van der Waals surface area (Å²) in [4.78, 5) is 14.8. The maximum Gasteiger partial charge on any atom is 0.243 e. The van der Waals surface area contributed by atoms with E-state index in [2.05, 4.69) is 17.1 Å². The molecule has 1 amide bonds. The lowest BCUT2D eigenvalue weighted by molar-refractivity contribution is -0.113. The number of rotatable bonds is 11. The van der Waals surface area contributed by atoms with Crippen molar-refractivity contribution in [2.75, 3.05) is 61.1 Å². The minimum Gasteiger partial charge on any atom is -0.378 e. The van der Waals surface area contributed by atoms with Crippen molar-refractivity contribution >= 4 is 39.1 Å².